The van der Waals surface area contributed by atoms with Gasteiger partial charge in [0.25, 0.3) is 0 Å². The number of halogens is 1. The molecule has 1 aromatic heterocycles. The average Bonchev–Trinajstić information content (AvgIpc) is 2.88. The van der Waals surface area contributed by atoms with Crippen LogP contribution >= 0.6 is 0 Å². The van der Waals surface area contributed by atoms with Crippen molar-refractivity contribution >= 4 is 5.69 Å². The van der Waals surface area contributed by atoms with Gasteiger partial charge in [0.05, 0.1) is 12.6 Å². The van der Waals surface area contributed by atoms with E-state index >= 15 is 0 Å². The molecule has 0 aliphatic heterocycles. The van der Waals surface area contributed by atoms with Crippen molar-refractivity contribution in [2.24, 2.45) is 0 Å². The average molecular weight is 265 g/mol. The molecule has 2 N–H and O–H groups in total. The smallest absolute Gasteiger partial charge is 0.184 e. The zero-order valence-corrected chi connectivity index (χ0v) is 10.9. The van der Waals surface area contributed by atoms with Crippen LogP contribution in [0.25, 0.3) is 11.4 Å². The molecule has 0 aliphatic rings. The van der Waals surface area contributed by atoms with Crippen LogP contribution < -0.4 is 5.73 Å². The highest BCUT2D eigenvalue weighted by molar-refractivity contribution is 5.71. The number of tetrazole rings is 1. The van der Waals surface area contributed by atoms with Crippen LogP contribution in [-0.4, -0.2) is 33.4 Å². The summed E-state index contributed by atoms with van der Waals surface area (Å²) in [7, 11) is 0. The first-order valence-electron chi connectivity index (χ1n) is 6.04. The second-order valence-electron chi connectivity index (χ2n) is 4.19. The van der Waals surface area contributed by atoms with E-state index in [0.29, 0.717) is 30.3 Å². The van der Waals surface area contributed by atoms with Crippen molar-refractivity contribution in [3.05, 3.63) is 24.0 Å². The molecule has 0 amide bonds. The first-order valence-corrected chi connectivity index (χ1v) is 6.04. The third-order valence-electron chi connectivity index (χ3n) is 2.73. The molecule has 0 saturated heterocycles. The lowest BCUT2D eigenvalue weighted by atomic mass is 10.1. The third-order valence-corrected chi connectivity index (χ3v) is 2.73. The largest absolute Gasteiger partial charge is 0.398 e. The number of hydrogen-bond donors (Lipinski definition) is 1. The summed E-state index contributed by atoms with van der Waals surface area (Å²) in [5.74, 6) is 0.0559. The number of aromatic nitrogens is 4. The van der Waals surface area contributed by atoms with Crippen LogP contribution in [0, 0.1) is 5.82 Å². The summed E-state index contributed by atoms with van der Waals surface area (Å²) in [6.45, 7) is 4.93. The second-order valence-corrected chi connectivity index (χ2v) is 4.19. The lowest BCUT2D eigenvalue weighted by molar-refractivity contribution is 0.115. The van der Waals surface area contributed by atoms with Crippen LogP contribution in [0.15, 0.2) is 18.2 Å². The van der Waals surface area contributed by atoms with Gasteiger partial charge in [-0.3, -0.25) is 0 Å². The van der Waals surface area contributed by atoms with Crippen molar-refractivity contribution in [2.75, 3.05) is 18.9 Å². The lowest BCUT2D eigenvalue weighted by Crippen LogP contribution is -2.15. The Bertz CT molecular complexity index is 557. The molecule has 2 rings (SSSR count). The van der Waals surface area contributed by atoms with Gasteiger partial charge in [0, 0.05) is 17.9 Å². The van der Waals surface area contributed by atoms with E-state index in [1.165, 1.54) is 18.2 Å². The maximum atomic E-state index is 13.3. The van der Waals surface area contributed by atoms with Gasteiger partial charge in [-0.25, -0.2) is 9.07 Å². The minimum Gasteiger partial charge on any atom is -0.398 e. The Morgan fingerprint density at radius 2 is 2.26 bits per heavy atom. The van der Waals surface area contributed by atoms with Gasteiger partial charge in [0.1, 0.15) is 5.82 Å². The molecule has 0 fully saturated rings. The highest BCUT2D eigenvalue weighted by atomic mass is 19.1. The molecule has 19 heavy (non-hydrogen) atoms. The molecule has 1 aromatic carbocycles. The van der Waals surface area contributed by atoms with E-state index in [1.807, 2.05) is 13.8 Å². The zero-order valence-electron chi connectivity index (χ0n) is 10.9. The highest BCUT2D eigenvalue weighted by Crippen LogP contribution is 2.26. The van der Waals surface area contributed by atoms with Gasteiger partial charge < -0.3 is 10.5 Å². The summed E-state index contributed by atoms with van der Waals surface area (Å²) in [4.78, 5) is 0. The van der Waals surface area contributed by atoms with Crippen LogP contribution in [0.5, 0.6) is 0 Å². The molecule has 102 valence electrons. The molecular weight excluding hydrogens is 249 g/mol. The number of nitrogens with zero attached hydrogens (tertiary/aromatic N) is 4. The quantitative estimate of drug-likeness (QED) is 0.832. The van der Waals surface area contributed by atoms with Gasteiger partial charge in [-0.1, -0.05) is 0 Å². The van der Waals surface area contributed by atoms with Crippen molar-refractivity contribution in [3.63, 3.8) is 0 Å². The summed E-state index contributed by atoms with van der Waals surface area (Å²) < 4.78 is 20.2. The molecule has 7 heteroatoms. The Morgan fingerprint density at radius 3 is 3.00 bits per heavy atom. The number of nitrogens with two attached hydrogens (primary N) is 1. The highest BCUT2D eigenvalue weighted by Gasteiger charge is 2.17. The van der Waals surface area contributed by atoms with Crippen LogP contribution in [0.4, 0.5) is 10.1 Å². The van der Waals surface area contributed by atoms with Crippen molar-refractivity contribution < 1.29 is 9.13 Å². The van der Waals surface area contributed by atoms with E-state index in [-0.39, 0.29) is 11.9 Å². The van der Waals surface area contributed by atoms with E-state index in [0.717, 1.165) is 0 Å². The first kappa shape index (κ1) is 13.4. The van der Waals surface area contributed by atoms with E-state index in [9.17, 15) is 4.39 Å². The van der Waals surface area contributed by atoms with E-state index < -0.39 is 0 Å². The maximum absolute atomic E-state index is 13.3. The van der Waals surface area contributed by atoms with Crippen LogP contribution in [0.2, 0.25) is 0 Å². The van der Waals surface area contributed by atoms with Crippen LogP contribution in [0.1, 0.15) is 19.9 Å². The van der Waals surface area contributed by atoms with E-state index in [2.05, 4.69) is 15.5 Å². The first-order chi connectivity index (χ1) is 9.13. The Kier molecular flexibility index (Phi) is 4.06. The van der Waals surface area contributed by atoms with E-state index in [1.54, 1.807) is 4.68 Å². The van der Waals surface area contributed by atoms with Crippen LogP contribution in [0.3, 0.4) is 0 Å². The molecule has 0 spiro atoms. The summed E-state index contributed by atoms with van der Waals surface area (Å²) in [6, 6.07) is 4.06. The Hall–Kier alpha value is -2.02. The lowest BCUT2D eigenvalue weighted by Gasteiger charge is -2.14. The third kappa shape index (κ3) is 2.87. The van der Waals surface area contributed by atoms with Crippen molar-refractivity contribution in [2.45, 2.75) is 19.9 Å². The number of rotatable bonds is 5. The number of hydrogen-bond acceptors (Lipinski definition) is 5. The molecule has 0 saturated carbocycles. The van der Waals surface area contributed by atoms with Gasteiger partial charge in [-0.2, -0.15) is 0 Å². The van der Waals surface area contributed by atoms with Gasteiger partial charge in [-0.15, -0.1) is 5.10 Å². The van der Waals surface area contributed by atoms with Gasteiger partial charge in [0.2, 0.25) is 0 Å². The monoisotopic (exact) mass is 265 g/mol. The minimum absolute atomic E-state index is 0.0624. The molecular formula is C12H16FN5O. The summed E-state index contributed by atoms with van der Waals surface area (Å²) >= 11 is 0. The molecule has 6 nitrogen and oxygen atoms in total. The molecule has 0 radical (unpaired) electrons. The molecule has 1 atom stereocenters. The van der Waals surface area contributed by atoms with Gasteiger partial charge >= 0.3 is 0 Å². The standard InChI is InChI=1S/C12H16FN5O/c1-3-19-7-8(2)18-12(15-16-17-18)10-6-9(13)4-5-11(10)14/h4-6,8H,3,7,14H2,1-2H3. The summed E-state index contributed by atoms with van der Waals surface area (Å²) in [6.07, 6.45) is 0. The second kappa shape index (κ2) is 5.75. The SMILES string of the molecule is CCOCC(C)n1nnnc1-c1cc(F)ccc1N. The molecule has 0 bridgehead atoms. The number of anilines is 1. The predicted molar refractivity (Wildman–Crippen MR) is 68.8 cm³/mol. The number of nitrogen functional groups attached to an aromatic ring is 1. The molecule has 1 unspecified atom stereocenters. The topological polar surface area (TPSA) is 78.8 Å². The fraction of sp³-hybridized carbons (Fsp3) is 0.417. The Morgan fingerprint density at radius 1 is 1.47 bits per heavy atom. The van der Waals surface area contributed by atoms with Gasteiger partial charge in [0.15, 0.2) is 5.82 Å². The zero-order chi connectivity index (χ0) is 13.8. The molecule has 0 aliphatic carbocycles. The number of benzene rings is 1. The fourth-order valence-corrected chi connectivity index (χ4v) is 1.75. The van der Waals surface area contributed by atoms with Crippen molar-refractivity contribution in [3.8, 4) is 11.4 Å². The summed E-state index contributed by atoms with van der Waals surface area (Å²) in [5, 5.41) is 11.5. The maximum Gasteiger partial charge on any atom is 0.184 e. The van der Waals surface area contributed by atoms with Crippen molar-refractivity contribution in [1.29, 1.82) is 0 Å². The normalized spacial score (nSPS) is 12.6. The molecule has 1 heterocycles. The van der Waals surface area contributed by atoms with E-state index in [4.69, 9.17) is 10.5 Å². The summed E-state index contributed by atoms with van der Waals surface area (Å²) in [5.41, 5.74) is 6.75. The predicted octanol–water partition coefficient (Wildman–Crippen LogP) is 1.66. The number of ether oxygens (including phenoxy) is 1. The van der Waals surface area contributed by atoms with Crippen molar-refractivity contribution in [1.82, 2.24) is 20.2 Å². The molecule has 2 aromatic rings. The van der Waals surface area contributed by atoms with Crippen LogP contribution in [-0.2, 0) is 4.74 Å². The minimum atomic E-state index is -0.379. The fourth-order valence-electron chi connectivity index (χ4n) is 1.75. The van der Waals surface area contributed by atoms with Gasteiger partial charge in [-0.05, 0) is 42.5 Å². The Labute approximate surface area is 110 Å². The Balaban J connectivity index is 2.35.